The fourth-order valence-corrected chi connectivity index (χ4v) is 2.03. The van der Waals surface area contributed by atoms with Gasteiger partial charge in [-0.05, 0) is 33.1 Å². The van der Waals surface area contributed by atoms with Gasteiger partial charge in [0.05, 0.1) is 0 Å². The monoisotopic (exact) mass is 277 g/mol. The molecule has 0 saturated heterocycles. The van der Waals surface area contributed by atoms with Crippen LogP contribution >= 0.6 is 0 Å². The standard InChI is InChI=1S/C14H23N5O/c1-9-13(15-3)17-10(2)18-14(9)16-8-4-5-12(20)19-11-6-7-11/h11H,4-8H2,1-3H3,(H,19,20)(H2,15,16,17,18). The molecule has 1 aliphatic carbocycles. The normalized spacial score (nSPS) is 13.9. The Bertz CT molecular complexity index is 485. The summed E-state index contributed by atoms with van der Waals surface area (Å²) < 4.78 is 0. The van der Waals surface area contributed by atoms with Gasteiger partial charge < -0.3 is 16.0 Å². The number of hydrogen-bond donors (Lipinski definition) is 3. The van der Waals surface area contributed by atoms with Crippen LogP contribution in [-0.2, 0) is 4.79 Å². The van der Waals surface area contributed by atoms with Crippen LogP contribution in [0.3, 0.4) is 0 Å². The number of amides is 1. The fourth-order valence-electron chi connectivity index (χ4n) is 2.03. The van der Waals surface area contributed by atoms with Crippen molar-refractivity contribution in [2.45, 2.75) is 45.6 Å². The molecule has 1 aromatic rings. The maximum atomic E-state index is 11.6. The summed E-state index contributed by atoms with van der Waals surface area (Å²) in [4.78, 5) is 20.3. The van der Waals surface area contributed by atoms with E-state index in [4.69, 9.17) is 0 Å². The van der Waals surface area contributed by atoms with Gasteiger partial charge in [0.2, 0.25) is 5.91 Å². The lowest BCUT2D eigenvalue weighted by Crippen LogP contribution is -2.25. The van der Waals surface area contributed by atoms with Crippen LogP contribution in [-0.4, -0.2) is 35.5 Å². The van der Waals surface area contributed by atoms with Gasteiger partial charge in [0.25, 0.3) is 0 Å². The van der Waals surface area contributed by atoms with E-state index in [2.05, 4.69) is 25.9 Å². The van der Waals surface area contributed by atoms with Crippen molar-refractivity contribution in [1.29, 1.82) is 0 Å². The zero-order valence-corrected chi connectivity index (χ0v) is 12.4. The highest BCUT2D eigenvalue weighted by Gasteiger charge is 2.22. The predicted molar refractivity (Wildman–Crippen MR) is 79.9 cm³/mol. The lowest BCUT2D eigenvalue weighted by Gasteiger charge is -2.12. The van der Waals surface area contributed by atoms with Crippen molar-refractivity contribution < 1.29 is 4.79 Å². The summed E-state index contributed by atoms with van der Waals surface area (Å²) >= 11 is 0. The van der Waals surface area contributed by atoms with Crippen molar-refractivity contribution >= 4 is 17.5 Å². The van der Waals surface area contributed by atoms with E-state index >= 15 is 0 Å². The van der Waals surface area contributed by atoms with Crippen molar-refractivity contribution in [3.05, 3.63) is 11.4 Å². The molecule has 2 rings (SSSR count). The molecular formula is C14H23N5O. The fraction of sp³-hybridized carbons (Fsp3) is 0.643. The molecule has 0 bridgehead atoms. The molecule has 0 aromatic carbocycles. The molecule has 1 aromatic heterocycles. The van der Waals surface area contributed by atoms with Gasteiger partial charge in [0.1, 0.15) is 17.5 Å². The van der Waals surface area contributed by atoms with Gasteiger partial charge in [-0.15, -0.1) is 0 Å². The summed E-state index contributed by atoms with van der Waals surface area (Å²) in [5, 5.41) is 9.33. The summed E-state index contributed by atoms with van der Waals surface area (Å²) in [6, 6.07) is 0.445. The van der Waals surface area contributed by atoms with Crippen LogP contribution in [0.25, 0.3) is 0 Å². The first-order chi connectivity index (χ1) is 9.60. The third-order valence-corrected chi connectivity index (χ3v) is 3.31. The van der Waals surface area contributed by atoms with Crippen LogP contribution in [0, 0.1) is 13.8 Å². The smallest absolute Gasteiger partial charge is 0.220 e. The van der Waals surface area contributed by atoms with Crippen molar-refractivity contribution in [3.63, 3.8) is 0 Å². The molecule has 0 spiro atoms. The van der Waals surface area contributed by atoms with Crippen LogP contribution in [0.2, 0.25) is 0 Å². The average Bonchev–Trinajstić information content (AvgIpc) is 3.21. The number of aryl methyl sites for hydroxylation is 1. The molecule has 6 heteroatoms. The number of aromatic nitrogens is 2. The Hall–Kier alpha value is -1.85. The number of anilines is 2. The number of carbonyl (C=O) groups is 1. The van der Waals surface area contributed by atoms with Crippen LogP contribution < -0.4 is 16.0 Å². The van der Waals surface area contributed by atoms with Crippen molar-refractivity contribution in [2.24, 2.45) is 0 Å². The molecule has 1 saturated carbocycles. The first kappa shape index (κ1) is 14.6. The van der Waals surface area contributed by atoms with Crippen LogP contribution in [0.1, 0.15) is 37.1 Å². The maximum Gasteiger partial charge on any atom is 0.220 e. The van der Waals surface area contributed by atoms with E-state index in [1.54, 1.807) is 0 Å². The second kappa shape index (κ2) is 6.54. The highest BCUT2D eigenvalue weighted by atomic mass is 16.1. The minimum atomic E-state index is 0.154. The summed E-state index contributed by atoms with van der Waals surface area (Å²) in [6.07, 6.45) is 3.63. The molecule has 1 amide bonds. The minimum Gasteiger partial charge on any atom is -0.373 e. The van der Waals surface area contributed by atoms with E-state index in [0.29, 0.717) is 12.5 Å². The summed E-state index contributed by atoms with van der Waals surface area (Å²) in [5.74, 6) is 2.56. The van der Waals surface area contributed by atoms with Gasteiger partial charge in [0.15, 0.2) is 0 Å². The highest BCUT2D eigenvalue weighted by Crippen LogP contribution is 2.20. The Morgan fingerprint density at radius 1 is 1.25 bits per heavy atom. The molecule has 1 fully saturated rings. The quantitative estimate of drug-likeness (QED) is 0.660. The molecule has 1 heterocycles. The maximum absolute atomic E-state index is 11.6. The van der Waals surface area contributed by atoms with Crippen molar-refractivity contribution in [3.8, 4) is 0 Å². The lowest BCUT2D eigenvalue weighted by atomic mass is 10.2. The van der Waals surface area contributed by atoms with Gasteiger partial charge in [-0.2, -0.15) is 0 Å². The van der Waals surface area contributed by atoms with Crippen LogP contribution in [0.15, 0.2) is 0 Å². The number of rotatable bonds is 7. The molecule has 0 radical (unpaired) electrons. The van der Waals surface area contributed by atoms with Crippen LogP contribution in [0.5, 0.6) is 0 Å². The summed E-state index contributed by atoms with van der Waals surface area (Å²) in [7, 11) is 1.85. The Morgan fingerprint density at radius 2 is 1.95 bits per heavy atom. The molecule has 6 nitrogen and oxygen atoms in total. The molecule has 0 aliphatic heterocycles. The zero-order valence-electron chi connectivity index (χ0n) is 12.4. The molecule has 110 valence electrons. The van der Waals surface area contributed by atoms with Crippen molar-refractivity contribution in [2.75, 3.05) is 24.2 Å². The minimum absolute atomic E-state index is 0.154. The van der Waals surface area contributed by atoms with E-state index in [-0.39, 0.29) is 5.91 Å². The highest BCUT2D eigenvalue weighted by molar-refractivity contribution is 5.76. The third-order valence-electron chi connectivity index (χ3n) is 3.31. The second-order valence-corrected chi connectivity index (χ2v) is 5.22. The first-order valence-electron chi connectivity index (χ1n) is 7.16. The summed E-state index contributed by atoms with van der Waals surface area (Å²) in [5.41, 5.74) is 1.00. The average molecular weight is 277 g/mol. The van der Waals surface area contributed by atoms with Gasteiger partial charge in [-0.1, -0.05) is 0 Å². The number of hydrogen-bond acceptors (Lipinski definition) is 5. The van der Waals surface area contributed by atoms with Gasteiger partial charge in [-0.25, -0.2) is 9.97 Å². The molecule has 1 aliphatic rings. The predicted octanol–water partition coefficient (Wildman–Crippen LogP) is 1.61. The van der Waals surface area contributed by atoms with E-state index in [1.807, 2.05) is 20.9 Å². The number of nitrogens with one attached hydrogen (secondary N) is 3. The van der Waals surface area contributed by atoms with Crippen LogP contribution in [0.4, 0.5) is 11.6 Å². The third kappa shape index (κ3) is 4.08. The molecule has 0 unspecified atom stereocenters. The van der Waals surface area contributed by atoms with E-state index in [1.165, 1.54) is 0 Å². The Kier molecular flexibility index (Phi) is 4.76. The lowest BCUT2D eigenvalue weighted by molar-refractivity contribution is -0.121. The number of nitrogens with zero attached hydrogens (tertiary/aromatic N) is 2. The molecular weight excluding hydrogens is 254 g/mol. The summed E-state index contributed by atoms with van der Waals surface area (Å²) in [6.45, 7) is 4.58. The SMILES string of the molecule is CNc1nc(C)nc(NCCCC(=O)NC2CC2)c1C. The zero-order chi connectivity index (χ0) is 14.5. The second-order valence-electron chi connectivity index (χ2n) is 5.22. The van der Waals surface area contributed by atoms with Gasteiger partial charge in [-0.3, -0.25) is 4.79 Å². The molecule has 0 atom stereocenters. The van der Waals surface area contributed by atoms with Gasteiger partial charge in [0, 0.05) is 31.6 Å². The number of carbonyl (C=O) groups excluding carboxylic acids is 1. The molecule has 20 heavy (non-hydrogen) atoms. The van der Waals surface area contributed by atoms with Gasteiger partial charge >= 0.3 is 0 Å². The Balaban J connectivity index is 1.78. The van der Waals surface area contributed by atoms with E-state index in [9.17, 15) is 4.79 Å². The van der Waals surface area contributed by atoms with E-state index < -0.39 is 0 Å². The Morgan fingerprint density at radius 3 is 2.60 bits per heavy atom. The topological polar surface area (TPSA) is 78.9 Å². The first-order valence-corrected chi connectivity index (χ1v) is 7.16. The van der Waals surface area contributed by atoms with E-state index in [0.717, 1.165) is 48.8 Å². The molecule has 3 N–H and O–H groups in total. The Labute approximate surface area is 119 Å². The van der Waals surface area contributed by atoms with Crippen molar-refractivity contribution in [1.82, 2.24) is 15.3 Å². The largest absolute Gasteiger partial charge is 0.373 e.